The number of benzene rings is 2. The summed E-state index contributed by atoms with van der Waals surface area (Å²) in [5, 5.41) is 12.9. The second kappa shape index (κ2) is 7.09. The van der Waals surface area contributed by atoms with Crippen molar-refractivity contribution in [3.8, 4) is 17.2 Å². The number of aromatic nitrogens is 2. The molecule has 2 N–H and O–H groups in total. The molecule has 1 amide bonds. The number of imidazole rings is 1. The third-order valence-electron chi connectivity index (χ3n) is 3.99. The molecule has 25 heavy (non-hydrogen) atoms. The lowest BCUT2D eigenvalue weighted by molar-refractivity contribution is 0.0937. The van der Waals surface area contributed by atoms with Crippen LogP contribution in [0.1, 0.15) is 28.9 Å². The zero-order valence-electron chi connectivity index (χ0n) is 14.0. The van der Waals surface area contributed by atoms with Crippen LogP contribution >= 0.6 is 0 Å². The number of ether oxygens (including phenoxy) is 1. The minimum absolute atomic E-state index is 0.112. The molecule has 0 aliphatic carbocycles. The molecule has 128 valence electrons. The van der Waals surface area contributed by atoms with E-state index >= 15 is 0 Å². The average Bonchev–Trinajstić information content (AvgIpc) is 3.16. The summed E-state index contributed by atoms with van der Waals surface area (Å²) in [6.45, 7) is 1.89. The van der Waals surface area contributed by atoms with Crippen LogP contribution in [-0.2, 0) is 0 Å². The van der Waals surface area contributed by atoms with Crippen molar-refractivity contribution in [2.45, 2.75) is 13.0 Å². The molecule has 0 bridgehead atoms. The summed E-state index contributed by atoms with van der Waals surface area (Å²) in [5.74, 6) is 0.0445. The zero-order valence-corrected chi connectivity index (χ0v) is 14.0. The van der Waals surface area contributed by atoms with Crippen molar-refractivity contribution in [2.75, 3.05) is 7.11 Å². The average molecular weight is 337 g/mol. The summed E-state index contributed by atoms with van der Waals surface area (Å²) in [4.78, 5) is 16.4. The van der Waals surface area contributed by atoms with Crippen LogP contribution in [0.4, 0.5) is 0 Å². The second-order valence-corrected chi connectivity index (χ2v) is 5.64. The molecule has 0 aliphatic heterocycles. The molecule has 2 aromatic carbocycles. The molecule has 0 saturated carbocycles. The normalized spacial score (nSPS) is 11.8. The first-order valence-electron chi connectivity index (χ1n) is 7.84. The van der Waals surface area contributed by atoms with Crippen LogP contribution in [0.3, 0.4) is 0 Å². The predicted octanol–water partition coefficient (Wildman–Crippen LogP) is 3.08. The van der Waals surface area contributed by atoms with Gasteiger partial charge in [-0.1, -0.05) is 12.1 Å². The van der Waals surface area contributed by atoms with E-state index in [0.717, 1.165) is 11.3 Å². The van der Waals surface area contributed by atoms with Gasteiger partial charge in [0.2, 0.25) is 0 Å². The third-order valence-corrected chi connectivity index (χ3v) is 3.99. The lowest BCUT2D eigenvalue weighted by Gasteiger charge is -2.16. The van der Waals surface area contributed by atoms with Gasteiger partial charge in [0.1, 0.15) is 11.5 Å². The lowest BCUT2D eigenvalue weighted by Crippen LogP contribution is -2.26. The van der Waals surface area contributed by atoms with Gasteiger partial charge in [0, 0.05) is 24.1 Å². The molecule has 0 unspecified atom stereocenters. The molecule has 6 heteroatoms. The number of carbonyl (C=O) groups is 1. The van der Waals surface area contributed by atoms with Crippen molar-refractivity contribution < 1.29 is 14.6 Å². The van der Waals surface area contributed by atoms with E-state index in [9.17, 15) is 9.90 Å². The van der Waals surface area contributed by atoms with Gasteiger partial charge < -0.3 is 19.7 Å². The van der Waals surface area contributed by atoms with Crippen LogP contribution < -0.4 is 10.1 Å². The lowest BCUT2D eigenvalue weighted by atomic mass is 10.1. The quantitative estimate of drug-likeness (QED) is 0.750. The molecule has 0 aliphatic rings. The van der Waals surface area contributed by atoms with Gasteiger partial charge in [-0.25, -0.2) is 4.98 Å². The monoisotopic (exact) mass is 337 g/mol. The van der Waals surface area contributed by atoms with Gasteiger partial charge >= 0.3 is 0 Å². The van der Waals surface area contributed by atoms with Crippen molar-refractivity contribution in [2.24, 2.45) is 0 Å². The van der Waals surface area contributed by atoms with E-state index in [2.05, 4.69) is 10.3 Å². The van der Waals surface area contributed by atoms with E-state index in [-0.39, 0.29) is 23.3 Å². The fourth-order valence-electron chi connectivity index (χ4n) is 2.54. The maximum atomic E-state index is 12.4. The van der Waals surface area contributed by atoms with Gasteiger partial charge in [-0.2, -0.15) is 0 Å². The highest BCUT2D eigenvalue weighted by atomic mass is 16.5. The van der Waals surface area contributed by atoms with Crippen LogP contribution in [0.25, 0.3) is 5.69 Å². The molecule has 3 rings (SSSR count). The van der Waals surface area contributed by atoms with Crippen LogP contribution in [0, 0.1) is 0 Å². The molecule has 0 radical (unpaired) electrons. The summed E-state index contributed by atoms with van der Waals surface area (Å²) in [6, 6.07) is 12.2. The number of rotatable bonds is 5. The Balaban J connectivity index is 1.71. The Morgan fingerprint density at radius 3 is 2.60 bits per heavy atom. The highest BCUT2D eigenvalue weighted by Gasteiger charge is 2.15. The molecule has 1 aromatic heterocycles. The number of carbonyl (C=O) groups excluding carboxylic acids is 1. The molecule has 0 saturated heterocycles. The van der Waals surface area contributed by atoms with Crippen molar-refractivity contribution in [1.29, 1.82) is 0 Å². The highest BCUT2D eigenvalue weighted by Crippen LogP contribution is 2.24. The van der Waals surface area contributed by atoms with E-state index in [1.54, 1.807) is 24.7 Å². The first-order valence-corrected chi connectivity index (χ1v) is 7.84. The van der Waals surface area contributed by atoms with Gasteiger partial charge in [-0.15, -0.1) is 0 Å². The number of phenolic OH excluding ortho intramolecular Hbond substituents is 1. The van der Waals surface area contributed by atoms with Crippen molar-refractivity contribution in [1.82, 2.24) is 14.9 Å². The number of nitrogens with zero attached hydrogens (tertiary/aromatic N) is 2. The Hall–Kier alpha value is -3.28. The minimum Gasteiger partial charge on any atom is -0.507 e. The standard InChI is InChI=1S/C19H19N3O3/c1-13(14-3-5-15(6-4-14)22-10-9-20-12-22)21-19(24)17-8-7-16(25-2)11-18(17)23/h3-13,23H,1-2H3,(H,21,24)/t13-/m1/s1. The Labute approximate surface area is 145 Å². The van der Waals surface area contributed by atoms with Gasteiger partial charge in [0.15, 0.2) is 0 Å². The molecule has 0 fully saturated rings. The van der Waals surface area contributed by atoms with E-state index in [1.807, 2.05) is 42.0 Å². The fourth-order valence-corrected chi connectivity index (χ4v) is 2.54. The Kier molecular flexibility index (Phi) is 4.70. The summed E-state index contributed by atoms with van der Waals surface area (Å²) < 4.78 is 6.93. The molecule has 1 heterocycles. The minimum atomic E-state index is -0.341. The molecule has 3 aromatic rings. The number of phenols is 1. The summed E-state index contributed by atoms with van der Waals surface area (Å²) in [6.07, 6.45) is 5.32. The van der Waals surface area contributed by atoms with Gasteiger partial charge in [0.05, 0.1) is 25.0 Å². The number of hydrogen-bond acceptors (Lipinski definition) is 4. The van der Waals surface area contributed by atoms with Gasteiger partial charge in [-0.05, 0) is 36.8 Å². The molecule has 6 nitrogen and oxygen atoms in total. The van der Waals surface area contributed by atoms with Crippen molar-refractivity contribution >= 4 is 5.91 Å². The van der Waals surface area contributed by atoms with Crippen LogP contribution in [0.15, 0.2) is 61.2 Å². The maximum Gasteiger partial charge on any atom is 0.255 e. The van der Waals surface area contributed by atoms with E-state index in [4.69, 9.17) is 4.74 Å². The molecular weight excluding hydrogens is 318 g/mol. The van der Waals surface area contributed by atoms with Crippen molar-refractivity contribution in [3.63, 3.8) is 0 Å². The summed E-state index contributed by atoms with van der Waals surface area (Å²) in [5.41, 5.74) is 2.17. The second-order valence-electron chi connectivity index (χ2n) is 5.64. The van der Waals surface area contributed by atoms with Gasteiger partial charge in [0.25, 0.3) is 5.91 Å². The largest absolute Gasteiger partial charge is 0.507 e. The number of methoxy groups -OCH3 is 1. The maximum absolute atomic E-state index is 12.4. The summed E-state index contributed by atoms with van der Waals surface area (Å²) >= 11 is 0. The third kappa shape index (κ3) is 3.63. The zero-order chi connectivity index (χ0) is 17.8. The van der Waals surface area contributed by atoms with Crippen LogP contribution in [0.2, 0.25) is 0 Å². The fraction of sp³-hybridized carbons (Fsp3) is 0.158. The smallest absolute Gasteiger partial charge is 0.255 e. The number of amides is 1. The SMILES string of the molecule is COc1ccc(C(=O)N[C@H](C)c2ccc(-n3ccnc3)cc2)c(O)c1. The van der Waals surface area contributed by atoms with Crippen LogP contribution in [0.5, 0.6) is 11.5 Å². The predicted molar refractivity (Wildman–Crippen MR) is 94.1 cm³/mol. The first-order chi connectivity index (χ1) is 12.1. The van der Waals surface area contributed by atoms with Crippen LogP contribution in [-0.4, -0.2) is 27.7 Å². The van der Waals surface area contributed by atoms with E-state index in [0.29, 0.717) is 5.75 Å². The van der Waals surface area contributed by atoms with Crippen molar-refractivity contribution in [3.05, 3.63) is 72.3 Å². The molecule has 1 atom stereocenters. The highest BCUT2D eigenvalue weighted by molar-refractivity contribution is 5.97. The Morgan fingerprint density at radius 1 is 1.24 bits per heavy atom. The molecular formula is C19H19N3O3. The Bertz CT molecular complexity index is 858. The topological polar surface area (TPSA) is 76.4 Å². The Morgan fingerprint density at radius 2 is 2.00 bits per heavy atom. The number of aromatic hydroxyl groups is 1. The number of nitrogens with one attached hydrogen (secondary N) is 1. The summed E-state index contributed by atoms with van der Waals surface area (Å²) in [7, 11) is 1.50. The first kappa shape index (κ1) is 16.6. The van der Waals surface area contributed by atoms with Gasteiger partial charge in [-0.3, -0.25) is 4.79 Å². The number of hydrogen-bond donors (Lipinski definition) is 2. The van der Waals surface area contributed by atoms with E-state index < -0.39 is 0 Å². The molecule has 0 spiro atoms. The van der Waals surface area contributed by atoms with E-state index in [1.165, 1.54) is 13.2 Å².